The molecule has 3 aliphatic heterocycles. The van der Waals surface area contributed by atoms with Gasteiger partial charge in [0, 0.05) is 36.6 Å². The number of nitrogens with one attached hydrogen (secondary N) is 3. The van der Waals surface area contributed by atoms with E-state index in [1.54, 1.807) is 53.4 Å². The highest BCUT2D eigenvalue weighted by atomic mass is 35.5. The van der Waals surface area contributed by atoms with E-state index in [0.717, 1.165) is 29.1 Å². The minimum absolute atomic E-state index is 0.0466. The monoisotopic (exact) mass is 916 g/mol. The third-order valence-corrected chi connectivity index (χ3v) is 11.7. The van der Waals surface area contributed by atoms with E-state index in [9.17, 15) is 49.3 Å². The minimum atomic E-state index is -1.84. The fourth-order valence-electron chi connectivity index (χ4n) is 5.48. The molecule has 1 aromatic heterocycles. The summed E-state index contributed by atoms with van der Waals surface area (Å²) >= 11 is 8.69. The van der Waals surface area contributed by atoms with Crippen molar-refractivity contribution in [1.82, 2.24) is 25.6 Å². The first-order valence-corrected chi connectivity index (χ1v) is 21.0. The molecule has 23 heteroatoms. The van der Waals surface area contributed by atoms with Crippen LogP contribution in [0.15, 0.2) is 103 Å². The van der Waals surface area contributed by atoms with Crippen molar-refractivity contribution >= 4 is 76.7 Å². The van der Waals surface area contributed by atoms with Gasteiger partial charge >= 0.3 is 11.9 Å². The number of aliphatic carboxylic acids is 2. The molecule has 62 heavy (non-hydrogen) atoms. The third kappa shape index (κ3) is 12.1. The van der Waals surface area contributed by atoms with Crippen LogP contribution < -0.4 is 32.8 Å². The Morgan fingerprint density at radius 1 is 1.19 bits per heavy atom. The number of aromatic nitrogens is 1. The average Bonchev–Trinajstić information content (AvgIpc) is 3.21. The number of aromatic hydroxyl groups is 1. The number of carbonyl (C=O) groups is 5. The van der Waals surface area contributed by atoms with Gasteiger partial charge in [-0.25, -0.2) is 9.59 Å². The molecule has 0 spiro atoms. The second kappa shape index (κ2) is 21.4. The number of hydrogen-bond donors (Lipinski definition) is 9. The van der Waals surface area contributed by atoms with E-state index in [1.165, 1.54) is 32.5 Å². The van der Waals surface area contributed by atoms with Gasteiger partial charge in [0.05, 0.1) is 21.3 Å². The molecule has 0 radical (unpaired) electrons. The highest BCUT2D eigenvalue weighted by Crippen LogP contribution is 2.41. The van der Waals surface area contributed by atoms with Crippen molar-refractivity contribution < 1.29 is 53.9 Å². The summed E-state index contributed by atoms with van der Waals surface area (Å²) in [7, 11) is 0. The molecule has 0 aliphatic carbocycles. The van der Waals surface area contributed by atoms with E-state index in [-0.39, 0.29) is 46.7 Å². The summed E-state index contributed by atoms with van der Waals surface area (Å²) in [5.41, 5.74) is 9.82. The summed E-state index contributed by atoms with van der Waals surface area (Å²) in [6, 6.07) is -0.378. The molecule has 1 fully saturated rings. The van der Waals surface area contributed by atoms with Gasteiger partial charge in [0.15, 0.2) is 30.4 Å². The molecular weight excluding hydrogens is 870 g/mol. The molecule has 3 amide bonds. The number of β-lactam (4-membered cyclic amide) rings is 1. The van der Waals surface area contributed by atoms with Crippen LogP contribution in [0.5, 0.6) is 5.75 Å². The minimum Gasteiger partial charge on any atom is -0.503 e. The van der Waals surface area contributed by atoms with Crippen molar-refractivity contribution in [2.45, 2.75) is 57.6 Å². The van der Waals surface area contributed by atoms with Gasteiger partial charge < -0.3 is 52.8 Å². The lowest BCUT2D eigenvalue weighted by molar-refractivity contribution is -0.439. The molecule has 2 atom stereocenters. The van der Waals surface area contributed by atoms with Crippen molar-refractivity contribution in [2.24, 2.45) is 16.6 Å². The molecule has 332 valence electrons. The van der Waals surface area contributed by atoms with Gasteiger partial charge in [0.2, 0.25) is 11.0 Å². The Hall–Kier alpha value is -6.39. The van der Waals surface area contributed by atoms with Gasteiger partial charge in [0.25, 0.3) is 17.7 Å². The molecule has 20 nitrogen and oxygen atoms in total. The van der Waals surface area contributed by atoms with Crippen molar-refractivity contribution in [3.63, 3.8) is 0 Å². The van der Waals surface area contributed by atoms with Crippen LogP contribution in [0.1, 0.15) is 51.0 Å². The van der Waals surface area contributed by atoms with Crippen LogP contribution in [-0.4, -0.2) is 119 Å². The van der Waals surface area contributed by atoms with E-state index >= 15 is 0 Å². The largest absolute Gasteiger partial charge is 0.503 e. The first-order chi connectivity index (χ1) is 29.3. The van der Waals surface area contributed by atoms with Gasteiger partial charge in [-0.05, 0) is 44.9 Å². The molecule has 11 N–H and O–H groups in total. The number of halogens is 1. The van der Waals surface area contributed by atoms with Gasteiger partial charge in [-0.1, -0.05) is 60.1 Å². The number of thioether (sulfide) groups is 2. The number of fused-ring (bicyclic) bond motifs is 1. The Labute approximate surface area is 368 Å². The highest BCUT2D eigenvalue weighted by Gasteiger charge is 2.54. The number of nitrogens with two attached hydrogens (primary N) is 2. The molecule has 0 saturated carbocycles. The van der Waals surface area contributed by atoms with Crippen molar-refractivity contribution in [3.8, 4) is 5.75 Å². The molecule has 1 unspecified atom stereocenters. The summed E-state index contributed by atoms with van der Waals surface area (Å²) in [6.45, 7) is 6.32. The number of allylic oxidation sites excluding steroid dienone is 6. The van der Waals surface area contributed by atoms with E-state index in [1.807, 2.05) is 6.92 Å². The summed E-state index contributed by atoms with van der Waals surface area (Å²) in [5.74, 6) is -5.67. The van der Waals surface area contributed by atoms with Gasteiger partial charge in [0.1, 0.15) is 28.5 Å². The summed E-state index contributed by atoms with van der Waals surface area (Å²) in [4.78, 5) is 82.0. The highest BCUT2D eigenvalue weighted by molar-refractivity contribution is 8.08. The third-order valence-electron chi connectivity index (χ3n) is 8.95. The first-order valence-electron chi connectivity index (χ1n) is 18.8. The summed E-state index contributed by atoms with van der Waals surface area (Å²) in [5, 5.41) is 50.7. The van der Waals surface area contributed by atoms with Crippen molar-refractivity contribution in [2.75, 3.05) is 25.4 Å². The molecule has 3 aliphatic rings. The fourth-order valence-corrected chi connectivity index (χ4v) is 7.81. The number of carboxylic acid groups (broad SMARTS) is 2. The number of nitrogens with zero attached hydrogens (tertiary/aromatic N) is 4. The zero-order chi connectivity index (χ0) is 45.9. The van der Waals surface area contributed by atoms with Crippen LogP contribution in [0.4, 0.5) is 0 Å². The number of hydrogen-bond acceptors (Lipinski definition) is 15. The standard InChI is InChI=1S/C39H46ClN9O11S2/c1-5-6-12-28(42)62-32(40)21(2)29(46-60-39(3,4)38(57)58)34(53)45-30-35(54)49-31(37(55)56)22(20-61-36(30)49)10-9-16-47-15-8-7-11-23(41)24(18-47)43-13-14-44-33(52)25-17-26(50)27(51)19-48(25)59/h7-12,15,17-19,30,36,41,43,59H,5-6,13-14,16,20,42H2,1-4H3,(H5,44,45,51,52,53,55,56,57,58)/p+1/b10-9+,11-7+,15-8?,24-18?,28-12+,32-21+,46-29-/t30-,36?/m1/s1. The van der Waals surface area contributed by atoms with Crippen LogP contribution in [0.3, 0.4) is 0 Å². The van der Waals surface area contributed by atoms with Crippen LogP contribution in [0.25, 0.3) is 0 Å². The molecule has 0 aromatic carbocycles. The average molecular weight is 917 g/mol. The van der Waals surface area contributed by atoms with Gasteiger partial charge in [-0.2, -0.15) is 9.31 Å². The zero-order valence-corrected chi connectivity index (χ0v) is 36.3. The van der Waals surface area contributed by atoms with Crippen molar-refractivity contribution in [1.29, 1.82) is 0 Å². The number of oxime groups is 1. The number of carboxylic acids is 2. The number of unbranched alkanes of at least 4 members (excludes halogenated alkanes) is 1. The molecule has 1 aromatic rings. The predicted octanol–water partition coefficient (Wildman–Crippen LogP) is 1.78. The van der Waals surface area contributed by atoms with Crippen molar-refractivity contribution in [3.05, 3.63) is 108 Å². The van der Waals surface area contributed by atoms with E-state index in [0.29, 0.717) is 39.3 Å². The lowest BCUT2D eigenvalue weighted by atomic mass is 10.0. The normalized spacial score (nSPS) is 20.3. The lowest BCUT2D eigenvalue weighted by Crippen LogP contribution is -2.71. The van der Waals surface area contributed by atoms with Crippen LogP contribution in [-0.2, 0) is 24.0 Å². The number of pyridine rings is 1. The second-order valence-electron chi connectivity index (χ2n) is 14.0. The Morgan fingerprint density at radius 3 is 2.60 bits per heavy atom. The lowest BCUT2D eigenvalue weighted by Gasteiger charge is -2.49. The maximum absolute atomic E-state index is 13.7. The SMILES string of the molecule is CCC/C=C(\N)S/C(Cl)=C(C)/C(=N/OC(C)(C)C(=O)O)C(=O)N[C@@H]1C(=O)N2C(C(=O)O)=C(/C=C/C[N+]3=C/C(NCCNC(=O)c4cc(=O)c(O)cn4O)=C(N)\C=C\C=C3)CSC12. The predicted molar refractivity (Wildman–Crippen MR) is 233 cm³/mol. The van der Waals surface area contributed by atoms with E-state index in [4.69, 9.17) is 27.9 Å². The van der Waals surface area contributed by atoms with Crippen LogP contribution in [0.2, 0.25) is 0 Å². The topological polar surface area (TPSA) is 304 Å². The van der Waals surface area contributed by atoms with Gasteiger partial charge in [-0.15, -0.1) is 11.8 Å². The van der Waals surface area contributed by atoms with Crippen LogP contribution in [0, 0.1) is 0 Å². The van der Waals surface area contributed by atoms with E-state index < -0.39 is 63.6 Å². The first kappa shape index (κ1) is 48.3. The summed E-state index contributed by atoms with van der Waals surface area (Å²) < 4.78 is 2.13. The second-order valence-corrected chi connectivity index (χ2v) is 16.8. The quantitative estimate of drug-likeness (QED) is 0.0239. The molecule has 4 heterocycles. The van der Waals surface area contributed by atoms with E-state index in [2.05, 4.69) is 21.1 Å². The zero-order valence-electron chi connectivity index (χ0n) is 34.0. The number of rotatable bonds is 19. The Balaban J connectivity index is 1.46. The van der Waals surface area contributed by atoms with Crippen LogP contribution >= 0.6 is 35.1 Å². The number of amides is 3. The molecule has 4 rings (SSSR count). The maximum Gasteiger partial charge on any atom is 0.352 e. The molecular formula is C39H47ClN9O11S2+. The Bertz CT molecular complexity index is 2350. The fraction of sp³-hybridized carbons (Fsp3) is 0.333. The maximum atomic E-state index is 13.7. The van der Waals surface area contributed by atoms with Gasteiger partial charge in [-0.3, -0.25) is 24.1 Å². The molecule has 0 bridgehead atoms. The number of carbonyl (C=O) groups excluding carboxylic acids is 3. The molecule has 1 saturated heterocycles. The Morgan fingerprint density at radius 2 is 1.92 bits per heavy atom. The smallest absolute Gasteiger partial charge is 0.352 e. The Kier molecular flexibility index (Phi) is 16.7. The summed E-state index contributed by atoms with van der Waals surface area (Å²) in [6.07, 6.45) is 15.8.